The summed E-state index contributed by atoms with van der Waals surface area (Å²) in [5.74, 6) is -0.0133. The minimum absolute atomic E-state index is 0.259. The molecule has 0 atom stereocenters. The smallest absolute Gasteiger partial charge is 0.330 e. The lowest BCUT2D eigenvalue weighted by Crippen LogP contribution is -1.99. The van der Waals surface area contributed by atoms with Crippen molar-refractivity contribution in [2.75, 3.05) is 6.61 Å². The first-order valence-electron chi connectivity index (χ1n) is 4.03. The second-order valence-corrected chi connectivity index (χ2v) is 2.46. The van der Waals surface area contributed by atoms with Crippen molar-refractivity contribution in [1.82, 2.24) is 0 Å². The number of hydrogen-bond acceptors (Lipinski definition) is 2. The van der Waals surface area contributed by atoms with Crippen molar-refractivity contribution in [2.24, 2.45) is 5.92 Å². The Morgan fingerprint density at radius 3 is 2.75 bits per heavy atom. The Hall–Kier alpha value is -1.31. The molecule has 1 aliphatic rings. The van der Waals surface area contributed by atoms with Crippen LogP contribution >= 0.6 is 0 Å². The second kappa shape index (κ2) is 4.54. The van der Waals surface area contributed by atoms with E-state index < -0.39 is 0 Å². The molecule has 0 radical (unpaired) electrons. The fraction of sp³-hybridized carbons (Fsp3) is 0.300. The van der Waals surface area contributed by atoms with Crippen LogP contribution in [0.2, 0.25) is 0 Å². The average molecular weight is 164 g/mol. The van der Waals surface area contributed by atoms with Gasteiger partial charge in [-0.3, -0.25) is 0 Å². The molecule has 2 nitrogen and oxygen atoms in total. The van der Waals surface area contributed by atoms with Gasteiger partial charge in [-0.15, -0.1) is 0 Å². The van der Waals surface area contributed by atoms with Gasteiger partial charge in [0.2, 0.25) is 0 Å². The molecular weight excluding hydrogens is 152 g/mol. The molecule has 0 spiro atoms. The van der Waals surface area contributed by atoms with Gasteiger partial charge in [0.05, 0.1) is 6.61 Å². The van der Waals surface area contributed by atoms with Gasteiger partial charge in [-0.25, -0.2) is 4.79 Å². The quantitative estimate of drug-likeness (QED) is 0.470. The molecule has 0 aliphatic heterocycles. The summed E-state index contributed by atoms with van der Waals surface area (Å²) in [5, 5.41) is 0. The van der Waals surface area contributed by atoms with Gasteiger partial charge in [-0.1, -0.05) is 30.4 Å². The molecule has 0 saturated heterocycles. The van der Waals surface area contributed by atoms with Crippen molar-refractivity contribution in [3.05, 3.63) is 36.5 Å². The van der Waals surface area contributed by atoms with Crippen LogP contribution in [0.5, 0.6) is 0 Å². The van der Waals surface area contributed by atoms with Crippen LogP contribution in [0.3, 0.4) is 0 Å². The van der Waals surface area contributed by atoms with E-state index in [1.54, 1.807) is 6.92 Å². The number of hydrogen-bond donors (Lipinski definition) is 0. The van der Waals surface area contributed by atoms with Crippen LogP contribution < -0.4 is 0 Å². The van der Waals surface area contributed by atoms with Crippen LogP contribution in [0.1, 0.15) is 6.92 Å². The van der Waals surface area contributed by atoms with Crippen molar-refractivity contribution in [3.63, 3.8) is 0 Å². The molecule has 2 heteroatoms. The van der Waals surface area contributed by atoms with Gasteiger partial charge < -0.3 is 4.74 Å². The number of carbonyl (C=O) groups is 1. The SMILES string of the molecule is CCOC(=O)C=CC1C=CC=C1. The summed E-state index contributed by atoms with van der Waals surface area (Å²) in [4.78, 5) is 10.8. The third-order valence-corrected chi connectivity index (χ3v) is 1.52. The lowest BCUT2D eigenvalue weighted by molar-refractivity contribution is -0.137. The van der Waals surface area contributed by atoms with Gasteiger partial charge in [0.25, 0.3) is 0 Å². The molecule has 0 N–H and O–H groups in total. The Labute approximate surface area is 72.2 Å². The maximum atomic E-state index is 10.8. The summed E-state index contributed by atoms with van der Waals surface area (Å²) in [7, 11) is 0. The summed E-state index contributed by atoms with van der Waals surface area (Å²) in [6.45, 7) is 2.22. The lowest BCUT2D eigenvalue weighted by atomic mass is 10.1. The molecule has 0 aromatic carbocycles. The lowest BCUT2D eigenvalue weighted by Gasteiger charge is -1.96. The minimum Gasteiger partial charge on any atom is -0.463 e. The molecule has 0 aromatic rings. The Bertz CT molecular complexity index is 224. The van der Waals surface area contributed by atoms with Gasteiger partial charge in [-0.05, 0) is 6.92 Å². The van der Waals surface area contributed by atoms with Crippen molar-refractivity contribution < 1.29 is 9.53 Å². The zero-order valence-corrected chi connectivity index (χ0v) is 7.07. The Balaban J connectivity index is 2.34. The average Bonchev–Trinajstić information content (AvgIpc) is 2.53. The molecule has 0 unspecified atom stereocenters. The number of esters is 1. The molecular formula is C10H12O2. The molecule has 1 aliphatic carbocycles. The van der Waals surface area contributed by atoms with E-state index in [4.69, 9.17) is 4.74 Å². The maximum absolute atomic E-state index is 10.8. The fourth-order valence-corrected chi connectivity index (χ4v) is 0.957. The standard InChI is InChI=1S/C10H12O2/c1-2-12-10(11)8-7-9-5-3-4-6-9/h3-9H,2H2,1H3. The zero-order valence-electron chi connectivity index (χ0n) is 7.07. The highest BCUT2D eigenvalue weighted by molar-refractivity contribution is 5.82. The largest absolute Gasteiger partial charge is 0.463 e. The number of allylic oxidation sites excluding steroid dienone is 5. The normalized spacial score (nSPS) is 16.1. The van der Waals surface area contributed by atoms with Gasteiger partial charge in [0, 0.05) is 12.0 Å². The third-order valence-electron chi connectivity index (χ3n) is 1.52. The van der Waals surface area contributed by atoms with E-state index in [1.165, 1.54) is 6.08 Å². The van der Waals surface area contributed by atoms with Crippen LogP contribution in [0.25, 0.3) is 0 Å². The van der Waals surface area contributed by atoms with Crippen LogP contribution in [0, 0.1) is 5.92 Å². The summed E-state index contributed by atoms with van der Waals surface area (Å²) in [6.07, 6.45) is 11.2. The molecule has 0 saturated carbocycles. The maximum Gasteiger partial charge on any atom is 0.330 e. The van der Waals surface area contributed by atoms with Crippen molar-refractivity contribution in [1.29, 1.82) is 0 Å². The van der Waals surface area contributed by atoms with Gasteiger partial charge in [0.15, 0.2) is 0 Å². The van der Waals surface area contributed by atoms with E-state index in [-0.39, 0.29) is 11.9 Å². The topological polar surface area (TPSA) is 26.3 Å². The molecule has 12 heavy (non-hydrogen) atoms. The van der Waals surface area contributed by atoms with Crippen LogP contribution in [-0.4, -0.2) is 12.6 Å². The van der Waals surface area contributed by atoms with E-state index in [2.05, 4.69) is 0 Å². The van der Waals surface area contributed by atoms with Gasteiger partial charge in [0.1, 0.15) is 0 Å². The van der Waals surface area contributed by atoms with Crippen LogP contribution in [-0.2, 0) is 9.53 Å². The Morgan fingerprint density at radius 1 is 1.50 bits per heavy atom. The second-order valence-electron chi connectivity index (χ2n) is 2.46. The first-order chi connectivity index (χ1) is 5.83. The monoisotopic (exact) mass is 164 g/mol. The van der Waals surface area contributed by atoms with Gasteiger partial charge >= 0.3 is 5.97 Å². The Morgan fingerprint density at radius 2 is 2.17 bits per heavy atom. The Kier molecular flexibility index (Phi) is 3.33. The first kappa shape index (κ1) is 8.78. The number of rotatable bonds is 3. The molecule has 0 aromatic heterocycles. The van der Waals surface area contributed by atoms with Crippen LogP contribution in [0.15, 0.2) is 36.5 Å². The summed E-state index contributed by atoms with van der Waals surface area (Å²) >= 11 is 0. The molecule has 0 heterocycles. The molecule has 64 valence electrons. The third kappa shape index (κ3) is 2.74. The fourth-order valence-electron chi connectivity index (χ4n) is 0.957. The minimum atomic E-state index is -0.272. The van der Waals surface area contributed by atoms with E-state index in [1.807, 2.05) is 30.4 Å². The van der Waals surface area contributed by atoms with E-state index >= 15 is 0 Å². The zero-order chi connectivity index (χ0) is 8.81. The highest BCUT2D eigenvalue weighted by Crippen LogP contribution is 2.09. The van der Waals surface area contributed by atoms with E-state index in [9.17, 15) is 4.79 Å². The molecule has 0 amide bonds. The van der Waals surface area contributed by atoms with E-state index in [0.717, 1.165) is 0 Å². The predicted molar refractivity (Wildman–Crippen MR) is 47.5 cm³/mol. The van der Waals surface area contributed by atoms with Crippen molar-refractivity contribution in [2.45, 2.75) is 6.92 Å². The molecule has 1 rings (SSSR count). The van der Waals surface area contributed by atoms with Gasteiger partial charge in [-0.2, -0.15) is 0 Å². The number of carbonyl (C=O) groups excluding carboxylic acids is 1. The molecule has 0 bridgehead atoms. The van der Waals surface area contributed by atoms with E-state index in [0.29, 0.717) is 6.61 Å². The summed E-state index contributed by atoms with van der Waals surface area (Å²) < 4.78 is 4.73. The predicted octanol–water partition coefficient (Wildman–Crippen LogP) is 1.85. The number of ether oxygens (including phenoxy) is 1. The highest BCUT2D eigenvalue weighted by Gasteiger charge is 1.99. The van der Waals surface area contributed by atoms with Crippen LogP contribution in [0.4, 0.5) is 0 Å². The summed E-state index contributed by atoms with van der Waals surface area (Å²) in [5.41, 5.74) is 0. The van der Waals surface area contributed by atoms with Crippen molar-refractivity contribution >= 4 is 5.97 Å². The van der Waals surface area contributed by atoms with Crippen molar-refractivity contribution in [3.8, 4) is 0 Å². The molecule has 0 fully saturated rings. The summed E-state index contributed by atoms with van der Waals surface area (Å²) in [6, 6.07) is 0. The first-order valence-corrected chi connectivity index (χ1v) is 4.03. The highest BCUT2D eigenvalue weighted by atomic mass is 16.5.